The Morgan fingerprint density at radius 3 is 2.70 bits per heavy atom. The van der Waals surface area contributed by atoms with E-state index in [0.29, 0.717) is 23.0 Å². The minimum atomic E-state index is -0.0921. The Hall–Kier alpha value is -1.63. The van der Waals surface area contributed by atoms with Crippen molar-refractivity contribution in [3.05, 3.63) is 56.2 Å². The van der Waals surface area contributed by atoms with E-state index in [9.17, 15) is 4.79 Å². The van der Waals surface area contributed by atoms with Crippen LogP contribution in [0.2, 0.25) is 10.0 Å². The average Bonchev–Trinajstić information content (AvgIpc) is 2.69. The molecule has 104 valence electrons. The Kier molecular flexibility index (Phi) is 4.59. The fourth-order valence-electron chi connectivity index (χ4n) is 2.13. The summed E-state index contributed by atoms with van der Waals surface area (Å²) in [7, 11) is 0. The minimum absolute atomic E-state index is 0.0921. The maximum Gasteiger partial charge on any atom is 0.329 e. The first-order chi connectivity index (χ1) is 9.56. The van der Waals surface area contributed by atoms with Crippen molar-refractivity contribution in [2.45, 2.75) is 26.4 Å². The molecule has 0 saturated carbocycles. The lowest BCUT2D eigenvalue weighted by Gasteiger charge is -2.06. The van der Waals surface area contributed by atoms with Crippen LogP contribution in [0, 0.1) is 12.3 Å². The molecular formula is C15H14Cl2N2O. The Morgan fingerprint density at radius 1 is 1.35 bits per heavy atom. The van der Waals surface area contributed by atoms with Gasteiger partial charge in [-0.3, -0.25) is 9.13 Å². The standard InChI is InChI=1S/C15H14Cl2N2O/c1-3-7-18-10-13(19(4-2)15(18)20)8-11-5-6-12(16)9-14(11)17/h1,5-6,9-10H,4,7-8H2,2H3. The predicted molar refractivity (Wildman–Crippen MR) is 82.5 cm³/mol. The Labute approximate surface area is 127 Å². The van der Waals surface area contributed by atoms with Crippen molar-refractivity contribution < 1.29 is 0 Å². The third-order valence-electron chi connectivity index (χ3n) is 3.09. The van der Waals surface area contributed by atoms with E-state index in [1.165, 1.54) is 4.57 Å². The van der Waals surface area contributed by atoms with Crippen molar-refractivity contribution >= 4 is 23.2 Å². The second-order valence-electron chi connectivity index (χ2n) is 4.39. The number of terminal acetylenes is 1. The van der Waals surface area contributed by atoms with Crippen LogP contribution in [0.1, 0.15) is 18.2 Å². The summed E-state index contributed by atoms with van der Waals surface area (Å²) in [6.07, 6.45) is 7.62. The molecule has 1 heterocycles. The number of hydrogen-bond acceptors (Lipinski definition) is 1. The highest BCUT2D eigenvalue weighted by atomic mass is 35.5. The Balaban J connectivity index is 2.40. The van der Waals surface area contributed by atoms with Crippen LogP contribution >= 0.6 is 23.2 Å². The number of benzene rings is 1. The molecule has 0 bridgehead atoms. The summed E-state index contributed by atoms with van der Waals surface area (Å²) in [4.78, 5) is 12.1. The van der Waals surface area contributed by atoms with Crippen LogP contribution < -0.4 is 5.69 Å². The highest BCUT2D eigenvalue weighted by Gasteiger charge is 2.11. The van der Waals surface area contributed by atoms with Crippen molar-refractivity contribution in [1.82, 2.24) is 9.13 Å². The van der Waals surface area contributed by atoms with Crippen molar-refractivity contribution in [2.24, 2.45) is 0 Å². The van der Waals surface area contributed by atoms with Crippen LogP contribution in [0.5, 0.6) is 0 Å². The van der Waals surface area contributed by atoms with E-state index in [1.54, 1.807) is 22.9 Å². The first-order valence-electron chi connectivity index (χ1n) is 6.23. The van der Waals surface area contributed by atoms with Gasteiger partial charge < -0.3 is 0 Å². The van der Waals surface area contributed by atoms with Crippen molar-refractivity contribution in [3.8, 4) is 12.3 Å². The fraction of sp³-hybridized carbons (Fsp3) is 0.267. The molecule has 0 radical (unpaired) electrons. The van der Waals surface area contributed by atoms with Crippen LogP contribution in [-0.2, 0) is 19.5 Å². The second kappa shape index (κ2) is 6.21. The van der Waals surface area contributed by atoms with Gasteiger partial charge in [-0.15, -0.1) is 6.42 Å². The van der Waals surface area contributed by atoms with E-state index in [1.807, 2.05) is 13.0 Å². The summed E-state index contributed by atoms with van der Waals surface area (Å²) in [5.41, 5.74) is 1.72. The molecule has 0 aliphatic rings. The molecule has 1 aromatic heterocycles. The molecule has 1 aromatic carbocycles. The van der Waals surface area contributed by atoms with Crippen LogP contribution in [0.3, 0.4) is 0 Å². The van der Waals surface area contributed by atoms with Gasteiger partial charge in [-0.2, -0.15) is 0 Å². The van der Waals surface area contributed by atoms with Gasteiger partial charge in [0.25, 0.3) is 0 Å². The lowest BCUT2D eigenvalue weighted by molar-refractivity contribution is 0.662. The van der Waals surface area contributed by atoms with Gasteiger partial charge in [0.05, 0.1) is 6.54 Å². The molecule has 5 heteroatoms. The zero-order valence-electron chi connectivity index (χ0n) is 11.1. The quantitative estimate of drug-likeness (QED) is 0.797. The van der Waals surface area contributed by atoms with E-state index >= 15 is 0 Å². The molecule has 0 spiro atoms. The van der Waals surface area contributed by atoms with Gasteiger partial charge >= 0.3 is 5.69 Å². The summed E-state index contributed by atoms with van der Waals surface area (Å²) < 4.78 is 3.23. The smallest absolute Gasteiger partial charge is 0.296 e. The summed E-state index contributed by atoms with van der Waals surface area (Å²) in [6.45, 7) is 2.79. The summed E-state index contributed by atoms with van der Waals surface area (Å²) >= 11 is 12.1. The summed E-state index contributed by atoms with van der Waals surface area (Å²) in [6, 6.07) is 5.36. The normalized spacial score (nSPS) is 10.5. The maximum atomic E-state index is 12.1. The summed E-state index contributed by atoms with van der Waals surface area (Å²) in [5, 5.41) is 1.19. The molecule has 0 aliphatic heterocycles. The van der Waals surface area contributed by atoms with E-state index in [-0.39, 0.29) is 12.2 Å². The molecule has 3 nitrogen and oxygen atoms in total. The highest BCUT2D eigenvalue weighted by Crippen LogP contribution is 2.23. The zero-order valence-corrected chi connectivity index (χ0v) is 12.6. The maximum absolute atomic E-state index is 12.1. The molecule has 0 fully saturated rings. The second-order valence-corrected chi connectivity index (χ2v) is 5.24. The average molecular weight is 309 g/mol. The van der Waals surface area contributed by atoms with Gasteiger partial charge in [0.2, 0.25) is 0 Å². The van der Waals surface area contributed by atoms with Crippen molar-refractivity contribution in [1.29, 1.82) is 0 Å². The molecule has 20 heavy (non-hydrogen) atoms. The van der Waals surface area contributed by atoms with Gasteiger partial charge in [-0.1, -0.05) is 35.2 Å². The van der Waals surface area contributed by atoms with Crippen molar-refractivity contribution in [3.63, 3.8) is 0 Å². The molecule has 0 unspecified atom stereocenters. The van der Waals surface area contributed by atoms with Crippen molar-refractivity contribution in [2.75, 3.05) is 0 Å². The third-order valence-corrected chi connectivity index (χ3v) is 3.68. The number of rotatable bonds is 4. The molecule has 0 saturated heterocycles. The SMILES string of the molecule is C#CCn1cc(Cc2ccc(Cl)cc2Cl)n(CC)c1=O. The molecule has 0 N–H and O–H groups in total. The number of hydrogen-bond donors (Lipinski definition) is 0. The molecule has 0 aliphatic carbocycles. The van der Waals surface area contributed by atoms with Gasteiger partial charge in [-0.25, -0.2) is 4.79 Å². The number of halogens is 2. The van der Waals surface area contributed by atoms with Crippen LogP contribution in [0.4, 0.5) is 0 Å². The van der Waals surface area contributed by atoms with Crippen LogP contribution in [-0.4, -0.2) is 9.13 Å². The molecular weight excluding hydrogens is 295 g/mol. The number of nitrogens with zero attached hydrogens (tertiary/aromatic N) is 2. The van der Waals surface area contributed by atoms with Crippen LogP contribution in [0.15, 0.2) is 29.2 Å². The van der Waals surface area contributed by atoms with Gasteiger partial charge in [0.1, 0.15) is 0 Å². The minimum Gasteiger partial charge on any atom is -0.296 e. The van der Waals surface area contributed by atoms with E-state index in [0.717, 1.165) is 11.3 Å². The highest BCUT2D eigenvalue weighted by molar-refractivity contribution is 6.35. The predicted octanol–water partition coefficient (Wildman–Crippen LogP) is 3.20. The zero-order chi connectivity index (χ0) is 14.7. The number of aromatic nitrogens is 2. The topological polar surface area (TPSA) is 26.9 Å². The first-order valence-corrected chi connectivity index (χ1v) is 6.98. The Bertz CT molecular complexity index is 722. The van der Waals surface area contributed by atoms with E-state index in [2.05, 4.69) is 5.92 Å². The monoisotopic (exact) mass is 308 g/mol. The van der Waals surface area contributed by atoms with Crippen LogP contribution in [0.25, 0.3) is 0 Å². The molecule has 0 amide bonds. The summed E-state index contributed by atoms with van der Waals surface area (Å²) in [5.74, 6) is 2.48. The molecule has 2 rings (SSSR count). The van der Waals surface area contributed by atoms with E-state index < -0.39 is 0 Å². The first kappa shape index (κ1) is 14.8. The van der Waals surface area contributed by atoms with Gasteiger partial charge in [0, 0.05) is 34.9 Å². The van der Waals surface area contributed by atoms with Gasteiger partial charge in [-0.05, 0) is 24.6 Å². The Morgan fingerprint density at radius 2 is 2.10 bits per heavy atom. The third kappa shape index (κ3) is 2.92. The number of imidazole rings is 1. The van der Waals surface area contributed by atoms with Gasteiger partial charge in [0.15, 0.2) is 0 Å². The molecule has 0 atom stereocenters. The lowest BCUT2D eigenvalue weighted by atomic mass is 10.1. The fourth-order valence-corrected chi connectivity index (χ4v) is 2.61. The van der Waals surface area contributed by atoms with E-state index in [4.69, 9.17) is 29.6 Å². The lowest BCUT2D eigenvalue weighted by Crippen LogP contribution is -2.24. The largest absolute Gasteiger partial charge is 0.329 e. The molecule has 2 aromatic rings.